The molecule has 0 aliphatic heterocycles. The zero-order chi connectivity index (χ0) is 22.6. The van der Waals surface area contributed by atoms with Crippen molar-refractivity contribution >= 4 is 23.7 Å². The number of nitrogens with two attached hydrogens (primary N) is 1. The summed E-state index contributed by atoms with van der Waals surface area (Å²) in [6, 6.07) is 3.73. The molecule has 0 saturated heterocycles. The largest absolute Gasteiger partial charge is 0.370 e. The number of carbonyl (C=O) groups is 2. The smallest absolute Gasteiger partial charge is 0.232 e. The molecular formula is C23H33N7O2. The highest BCUT2D eigenvalue weighted by atomic mass is 16.2. The van der Waals surface area contributed by atoms with Crippen molar-refractivity contribution in [2.24, 2.45) is 11.7 Å². The van der Waals surface area contributed by atoms with Gasteiger partial charge in [0, 0.05) is 49.7 Å². The lowest BCUT2D eigenvalue weighted by Gasteiger charge is -2.35. The van der Waals surface area contributed by atoms with Gasteiger partial charge in [0.15, 0.2) is 0 Å². The molecule has 1 saturated carbocycles. The van der Waals surface area contributed by atoms with E-state index in [0.29, 0.717) is 24.9 Å². The Morgan fingerprint density at radius 3 is 1.94 bits per heavy atom. The van der Waals surface area contributed by atoms with Gasteiger partial charge in [0.2, 0.25) is 23.7 Å². The highest BCUT2D eigenvalue weighted by Gasteiger charge is 2.32. The molecule has 2 aromatic heterocycles. The van der Waals surface area contributed by atoms with Crippen molar-refractivity contribution in [3.8, 4) is 0 Å². The van der Waals surface area contributed by atoms with E-state index in [2.05, 4.69) is 25.3 Å². The van der Waals surface area contributed by atoms with Gasteiger partial charge in [-0.05, 0) is 50.7 Å². The summed E-state index contributed by atoms with van der Waals surface area (Å²) in [6.07, 6.45) is 15.6. The Bertz CT molecular complexity index is 787. The predicted octanol–water partition coefficient (Wildman–Crippen LogP) is 2.91. The SMILES string of the molecule is NC(=O)CCCCCCCNC(=O)C1CCC(N(c2ncccn2)c2ncccn2)CC1. The maximum Gasteiger partial charge on any atom is 0.232 e. The van der Waals surface area contributed by atoms with Crippen LogP contribution in [0.5, 0.6) is 0 Å². The molecule has 32 heavy (non-hydrogen) atoms. The van der Waals surface area contributed by atoms with Gasteiger partial charge in [-0.3, -0.25) is 14.5 Å². The summed E-state index contributed by atoms with van der Waals surface area (Å²) in [5, 5.41) is 3.09. The van der Waals surface area contributed by atoms with Gasteiger partial charge in [0.1, 0.15) is 0 Å². The summed E-state index contributed by atoms with van der Waals surface area (Å²) in [7, 11) is 0. The van der Waals surface area contributed by atoms with Crippen LogP contribution in [0.1, 0.15) is 64.2 Å². The van der Waals surface area contributed by atoms with Gasteiger partial charge in [-0.1, -0.05) is 19.3 Å². The van der Waals surface area contributed by atoms with E-state index in [1.54, 1.807) is 36.9 Å². The molecule has 0 spiro atoms. The topological polar surface area (TPSA) is 127 Å². The molecule has 0 bridgehead atoms. The van der Waals surface area contributed by atoms with Crippen molar-refractivity contribution in [3.05, 3.63) is 36.9 Å². The number of aromatic nitrogens is 4. The molecule has 2 aromatic rings. The summed E-state index contributed by atoms with van der Waals surface area (Å²) in [4.78, 5) is 42.9. The van der Waals surface area contributed by atoms with Crippen molar-refractivity contribution in [1.82, 2.24) is 25.3 Å². The number of amides is 2. The van der Waals surface area contributed by atoms with Crippen molar-refractivity contribution in [2.45, 2.75) is 70.3 Å². The number of anilines is 2. The van der Waals surface area contributed by atoms with Crippen LogP contribution in [0.25, 0.3) is 0 Å². The van der Waals surface area contributed by atoms with E-state index in [9.17, 15) is 9.59 Å². The molecular weight excluding hydrogens is 406 g/mol. The maximum atomic E-state index is 12.6. The van der Waals surface area contributed by atoms with Crippen LogP contribution in [0.2, 0.25) is 0 Å². The van der Waals surface area contributed by atoms with Gasteiger partial charge in [-0.15, -0.1) is 0 Å². The first kappa shape index (κ1) is 23.6. The molecule has 172 valence electrons. The standard InChI is InChI=1S/C23H33N7O2/c24-20(31)8-4-2-1-3-5-13-25-21(32)18-9-11-19(12-10-18)30(22-26-14-6-15-27-22)23-28-16-7-17-29-23/h6-7,14-19H,1-5,8-13H2,(H2,24,31)(H,25,32). The Kier molecular flexibility index (Phi) is 9.34. The first-order valence-corrected chi connectivity index (χ1v) is 11.5. The van der Waals surface area contributed by atoms with Crippen LogP contribution >= 0.6 is 0 Å². The second-order valence-electron chi connectivity index (χ2n) is 8.25. The fourth-order valence-electron chi connectivity index (χ4n) is 4.15. The van der Waals surface area contributed by atoms with Crippen LogP contribution in [0.15, 0.2) is 36.9 Å². The lowest BCUT2D eigenvalue weighted by Crippen LogP contribution is -2.40. The number of unbranched alkanes of at least 4 members (excludes halogenated alkanes) is 4. The average molecular weight is 440 g/mol. The summed E-state index contributed by atoms with van der Waals surface area (Å²) >= 11 is 0. The number of primary amides is 1. The Morgan fingerprint density at radius 2 is 1.38 bits per heavy atom. The first-order valence-electron chi connectivity index (χ1n) is 11.5. The molecule has 0 aromatic carbocycles. The van der Waals surface area contributed by atoms with E-state index in [0.717, 1.165) is 57.8 Å². The van der Waals surface area contributed by atoms with Gasteiger partial charge in [0.25, 0.3) is 0 Å². The summed E-state index contributed by atoms with van der Waals surface area (Å²) < 4.78 is 0. The van der Waals surface area contributed by atoms with Gasteiger partial charge in [-0.25, -0.2) is 19.9 Å². The highest BCUT2D eigenvalue weighted by molar-refractivity contribution is 5.78. The number of hydrogen-bond acceptors (Lipinski definition) is 7. The molecule has 0 atom stereocenters. The molecule has 2 heterocycles. The third kappa shape index (κ3) is 7.25. The molecule has 9 nitrogen and oxygen atoms in total. The van der Waals surface area contributed by atoms with Gasteiger partial charge >= 0.3 is 0 Å². The Hall–Kier alpha value is -3.10. The van der Waals surface area contributed by atoms with Gasteiger partial charge < -0.3 is 11.1 Å². The molecule has 3 rings (SSSR count). The normalized spacial score (nSPS) is 18.1. The van der Waals surface area contributed by atoms with Crippen LogP contribution in [0, 0.1) is 5.92 Å². The van der Waals surface area contributed by atoms with Crippen molar-refractivity contribution in [2.75, 3.05) is 11.4 Å². The molecule has 2 amide bonds. The summed E-state index contributed by atoms with van der Waals surface area (Å²) in [5.74, 6) is 1.13. The zero-order valence-corrected chi connectivity index (χ0v) is 18.5. The number of nitrogens with one attached hydrogen (secondary N) is 1. The molecule has 3 N–H and O–H groups in total. The molecule has 1 aliphatic rings. The summed E-state index contributed by atoms with van der Waals surface area (Å²) in [5.41, 5.74) is 5.14. The van der Waals surface area contributed by atoms with Crippen LogP contribution in [-0.2, 0) is 9.59 Å². The van der Waals surface area contributed by atoms with Crippen molar-refractivity contribution in [1.29, 1.82) is 0 Å². The molecule has 0 unspecified atom stereocenters. The number of rotatable bonds is 12. The number of nitrogens with zero attached hydrogens (tertiary/aromatic N) is 5. The second-order valence-corrected chi connectivity index (χ2v) is 8.25. The lowest BCUT2D eigenvalue weighted by molar-refractivity contribution is -0.126. The molecule has 0 radical (unpaired) electrons. The van der Waals surface area contributed by atoms with E-state index in [1.807, 2.05) is 4.90 Å². The predicted molar refractivity (Wildman–Crippen MR) is 122 cm³/mol. The van der Waals surface area contributed by atoms with E-state index in [-0.39, 0.29) is 23.8 Å². The second kappa shape index (κ2) is 12.7. The number of carbonyl (C=O) groups excluding carboxylic acids is 2. The summed E-state index contributed by atoms with van der Waals surface area (Å²) in [6.45, 7) is 0.705. The monoisotopic (exact) mass is 439 g/mol. The van der Waals surface area contributed by atoms with Crippen molar-refractivity contribution in [3.63, 3.8) is 0 Å². The van der Waals surface area contributed by atoms with E-state index in [4.69, 9.17) is 5.73 Å². The average Bonchev–Trinajstić information content (AvgIpc) is 2.82. The van der Waals surface area contributed by atoms with Gasteiger partial charge in [0.05, 0.1) is 0 Å². The minimum absolute atomic E-state index is 0.0389. The molecule has 9 heteroatoms. The van der Waals surface area contributed by atoms with E-state index < -0.39 is 0 Å². The molecule has 1 aliphatic carbocycles. The minimum Gasteiger partial charge on any atom is -0.370 e. The third-order valence-electron chi connectivity index (χ3n) is 5.87. The first-order chi connectivity index (χ1) is 15.6. The highest BCUT2D eigenvalue weighted by Crippen LogP contribution is 2.32. The van der Waals surface area contributed by atoms with Crippen LogP contribution in [0.4, 0.5) is 11.9 Å². The molecule has 1 fully saturated rings. The Morgan fingerprint density at radius 1 is 0.844 bits per heavy atom. The lowest BCUT2D eigenvalue weighted by atomic mass is 9.85. The van der Waals surface area contributed by atoms with E-state index >= 15 is 0 Å². The minimum atomic E-state index is -0.234. The fourth-order valence-corrected chi connectivity index (χ4v) is 4.15. The van der Waals surface area contributed by atoms with Crippen LogP contribution in [0.3, 0.4) is 0 Å². The van der Waals surface area contributed by atoms with Crippen molar-refractivity contribution < 1.29 is 9.59 Å². The quantitative estimate of drug-likeness (QED) is 0.487. The Balaban J connectivity index is 1.42. The van der Waals surface area contributed by atoms with Crippen LogP contribution < -0.4 is 16.0 Å². The fraction of sp³-hybridized carbons (Fsp3) is 0.565. The zero-order valence-electron chi connectivity index (χ0n) is 18.5. The Labute approximate surface area is 189 Å². The number of hydrogen-bond donors (Lipinski definition) is 2. The van der Waals surface area contributed by atoms with Gasteiger partial charge in [-0.2, -0.15) is 0 Å². The third-order valence-corrected chi connectivity index (χ3v) is 5.87. The van der Waals surface area contributed by atoms with E-state index in [1.165, 1.54) is 0 Å². The maximum absolute atomic E-state index is 12.6. The van der Waals surface area contributed by atoms with Crippen LogP contribution in [-0.4, -0.2) is 44.3 Å².